The minimum atomic E-state index is 0.0415. The standard InChI is InChI=1S/C15H22ClNOS/c1-2-6-12(16)10-17-15(18)14-9-11-7-4-3-5-8-13(11)19-14/h9,12H,2-8,10H2,1H3,(H,17,18). The van der Waals surface area contributed by atoms with Gasteiger partial charge in [-0.3, -0.25) is 4.79 Å². The SMILES string of the molecule is CCCC(Cl)CNC(=O)c1cc2c(s1)CCCCC2. The molecule has 1 N–H and O–H groups in total. The first-order valence-corrected chi connectivity index (χ1v) is 8.50. The summed E-state index contributed by atoms with van der Waals surface area (Å²) in [4.78, 5) is 14.4. The number of thiophene rings is 1. The van der Waals surface area contributed by atoms with Crippen LogP contribution in [0.5, 0.6) is 0 Å². The van der Waals surface area contributed by atoms with Crippen molar-refractivity contribution in [1.82, 2.24) is 5.32 Å². The van der Waals surface area contributed by atoms with E-state index in [0.717, 1.165) is 30.6 Å². The highest BCUT2D eigenvalue weighted by Gasteiger charge is 2.16. The van der Waals surface area contributed by atoms with E-state index in [0.29, 0.717) is 6.54 Å². The highest BCUT2D eigenvalue weighted by atomic mass is 35.5. The van der Waals surface area contributed by atoms with E-state index in [2.05, 4.69) is 18.3 Å². The summed E-state index contributed by atoms with van der Waals surface area (Å²) in [6.45, 7) is 2.67. The van der Waals surface area contributed by atoms with Crippen molar-refractivity contribution in [3.8, 4) is 0 Å². The quantitative estimate of drug-likeness (QED) is 0.642. The number of alkyl halides is 1. The van der Waals surface area contributed by atoms with E-state index in [1.807, 2.05) is 0 Å². The van der Waals surface area contributed by atoms with Gasteiger partial charge < -0.3 is 5.32 Å². The molecule has 4 heteroatoms. The van der Waals surface area contributed by atoms with Crippen LogP contribution >= 0.6 is 22.9 Å². The number of aryl methyl sites for hydroxylation is 2. The lowest BCUT2D eigenvalue weighted by molar-refractivity contribution is 0.0957. The van der Waals surface area contributed by atoms with Gasteiger partial charge in [-0.15, -0.1) is 22.9 Å². The van der Waals surface area contributed by atoms with Gasteiger partial charge in [0, 0.05) is 11.4 Å². The molecule has 0 bridgehead atoms. The third-order valence-corrected chi connectivity index (χ3v) is 5.16. The number of carbonyl (C=O) groups is 1. The van der Waals surface area contributed by atoms with E-state index in [9.17, 15) is 4.79 Å². The second-order valence-corrected chi connectivity index (χ2v) is 6.97. The third-order valence-electron chi connectivity index (χ3n) is 3.56. The summed E-state index contributed by atoms with van der Waals surface area (Å²) in [5.41, 5.74) is 1.39. The molecule has 0 radical (unpaired) electrons. The van der Waals surface area contributed by atoms with Gasteiger partial charge >= 0.3 is 0 Å². The summed E-state index contributed by atoms with van der Waals surface area (Å²) < 4.78 is 0. The Kier molecular flexibility index (Phi) is 5.71. The fourth-order valence-corrected chi connectivity index (χ4v) is 3.95. The predicted octanol–water partition coefficient (Wildman–Crippen LogP) is 4.15. The zero-order chi connectivity index (χ0) is 13.7. The van der Waals surface area contributed by atoms with Crippen LogP contribution in [0.25, 0.3) is 0 Å². The average molecular weight is 300 g/mol. The molecule has 0 aliphatic heterocycles. The molecular formula is C15H22ClNOS. The fourth-order valence-electron chi connectivity index (χ4n) is 2.49. The number of nitrogens with one attached hydrogen (secondary N) is 1. The lowest BCUT2D eigenvalue weighted by Crippen LogP contribution is -2.29. The predicted molar refractivity (Wildman–Crippen MR) is 82.5 cm³/mol. The zero-order valence-electron chi connectivity index (χ0n) is 11.5. The highest BCUT2D eigenvalue weighted by molar-refractivity contribution is 7.14. The molecule has 0 spiro atoms. The van der Waals surface area contributed by atoms with Crippen LogP contribution in [0.4, 0.5) is 0 Å². The molecular weight excluding hydrogens is 278 g/mol. The number of rotatable bonds is 5. The van der Waals surface area contributed by atoms with Gasteiger partial charge in [-0.2, -0.15) is 0 Å². The Bertz CT molecular complexity index is 406. The van der Waals surface area contributed by atoms with Crippen LogP contribution in [-0.4, -0.2) is 17.8 Å². The van der Waals surface area contributed by atoms with Crippen LogP contribution in [0, 0.1) is 0 Å². The Morgan fingerprint density at radius 1 is 1.42 bits per heavy atom. The number of halogens is 1. The van der Waals surface area contributed by atoms with Crippen molar-refractivity contribution >= 4 is 28.8 Å². The second kappa shape index (κ2) is 7.30. The zero-order valence-corrected chi connectivity index (χ0v) is 13.1. The summed E-state index contributed by atoms with van der Waals surface area (Å²) in [5.74, 6) is 0.0415. The highest BCUT2D eigenvalue weighted by Crippen LogP contribution is 2.28. The van der Waals surface area contributed by atoms with Crippen molar-refractivity contribution in [2.75, 3.05) is 6.54 Å². The number of hydrogen-bond acceptors (Lipinski definition) is 2. The van der Waals surface area contributed by atoms with Crippen LogP contribution in [0.1, 0.15) is 59.1 Å². The third kappa shape index (κ3) is 4.22. The maximum absolute atomic E-state index is 12.1. The molecule has 1 unspecified atom stereocenters. The van der Waals surface area contributed by atoms with Gasteiger partial charge in [0.05, 0.1) is 10.3 Å². The van der Waals surface area contributed by atoms with Crippen LogP contribution in [-0.2, 0) is 12.8 Å². The fraction of sp³-hybridized carbons (Fsp3) is 0.667. The normalized spacial score (nSPS) is 16.5. The molecule has 1 aromatic heterocycles. The second-order valence-electron chi connectivity index (χ2n) is 5.22. The molecule has 0 saturated heterocycles. The van der Waals surface area contributed by atoms with Crippen LogP contribution in [0.2, 0.25) is 0 Å². The Hall–Kier alpha value is -0.540. The lowest BCUT2D eigenvalue weighted by Gasteiger charge is -2.08. The van der Waals surface area contributed by atoms with Crippen molar-refractivity contribution in [3.63, 3.8) is 0 Å². The summed E-state index contributed by atoms with van der Waals surface area (Å²) >= 11 is 7.79. The molecule has 0 saturated carbocycles. The van der Waals surface area contributed by atoms with Crippen molar-refractivity contribution in [2.45, 2.75) is 57.2 Å². The Balaban J connectivity index is 1.92. The van der Waals surface area contributed by atoms with Crippen molar-refractivity contribution in [2.24, 2.45) is 0 Å². The molecule has 1 heterocycles. The van der Waals surface area contributed by atoms with Crippen molar-refractivity contribution < 1.29 is 4.79 Å². The molecule has 0 fully saturated rings. The van der Waals surface area contributed by atoms with Gasteiger partial charge in [-0.05, 0) is 43.7 Å². The maximum Gasteiger partial charge on any atom is 0.261 e. The lowest BCUT2D eigenvalue weighted by atomic mass is 10.1. The van der Waals surface area contributed by atoms with E-state index in [4.69, 9.17) is 11.6 Å². The van der Waals surface area contributed by atoms with E-state index in [1.165, 1.54) is 29.7 Å². The summed E-state index contributed by atoms with van der Waals surface area (Å²) in [7, 11) is 0. The minimum absolute atomic E-state index is 0.0415. The van der Waals surface area contributed by atoms with E-state index in [-0.39, 0.29) is 11.3 Å². The van der Waals surface area contributed by atoms with Gasteiger partial charge in [0.25, 0.3) is 5.91 Å². The first-order chi connectivity index (χ1) is 9.20. The maximum atomic E-state index is 12.1. The smallest absolute Gasteiger partial charge is 0.261 e. The van der Waals surface area contributed by atoms with Crippen LogP contribution < -0.4 is 5.32 Å². The Morgan fingerprint density at radius 2 is 2.21 bits per heavy atom. The molecule has 1 aliphatic rings. The molecule has 1 aromatic rings. The number of amides is 1. The Morgan fingerprint density at radius 3 is 3.00 bits per heavy atom. The van der Waals surface area contributed by atoms with Crippen molar-refractivity contribution in [3.05, 3.63) is 21.4 Å². The summed E-state index contributed by atoms with van der Waals surface area (Å²) in [6, 6.07) is 2.09. The molecule has 106 valence electrons. The number of carbonyl (C=O) groups excluding carboxylic acids is 1. The van der Waals surface area contributed by atoms with Crippen molar-refractivity contribution in [1.29, 1.82) is 0 Å². The molecule has 19 heavy (non-hydrogen) atoms. The number of hydrogen-bond donors (Lipinski definition) is 1. The van der Waals surface area contributed by atoms with Gasteiger partial charge in [0.15, 0.2) is 0 Å². The molecule has 1 aliphatic carbocycles. The van der Waals surface area contributed by atoms with E-state index >= 15 is 0 Å². The molecule has 0 aromatic carbocycles. The van der Waals surface area contributed by atoms with Gasteiger partial charge in [-0.25, -0.2) is 0 Å². The van der Waals surface area contributed by atoms with Crippen LogP contribution in [0.15, 0.2) is 6.07 Å². The minimum Gasteiger partial charge on any atom is -0.350 e. The van der Waals surface area contributed by atoms with Gasteiger partial charge in [0.1, 0.15) is 0 Å². The summed E-state index contributed by atoms with van der Waals surface area (Å²) in [5, 5.41) is 3.00. The molecule has 2 nitrogen and oxygen atoms in total. The molecule has 2 rings (SSSR count). The van der Waals surface area contributed by atoms with E-state index in [1.54, 1.807) is 11.3 Å². The first-order valence-electron chi connectivity index (χ1n) is 7.24. The number of fused-ring (bicyclic) bond motifs is 1. The van der Waals surface area contributed by atoms with Gasteiger partial charge in [0.2, 0.25) is 0 Å². The molecule has 1 atom stereocenters. The average Bonchev–Trinajstić information content (AvgIpc) is 2.68. The Labute approximate surface area is 124 Å². The van der Waals surface area contributed by atoms with E-state index < -0.39 is 0 Å². The largest absolute Gasteiger partial charge is 0.350 e. The molecule has 1 amide bonds. The van der Waals surface area contributed by atoms with Gasteiger partial charge in [-0.1, -0.05) is 19.8 Å². The monoisotopic (exact) mass is 299 g/mol. The van der Waals surface area contributed by atoms with Crippen LogP contribution in [0.3, 0.4) is 0 Å². The summed E-state index contributed by atoms with van der Waals surface area (Å²) in [6.07, 6.45) is 8.10. The topological polar surface area (TPSA) is 29.1 Å². The first kappa shape index (κ1) is 14.9.